The van der Waals surface area contributed by atoms with Gasteiger partial charge in [-0.1, -0.05) is 28.1 Å². The van der Waals surface area contributed by atoms with Crippen LogP contribution in [0.15, 0.2) is 28.7 Å². The van der Waals surface area contributed by atoms with Crippen LogP contribution in [0.25, 0.3) is 0 Å². The molecule has 5 heteroatoms. The molecule has 92 valence electrons. The second-order valence-electron chi connectivity index (χ2n) is 4.08. The number of benzene rings is 1. The van der Waals surface area contributed by atoms with Gasteiger partial charge in [-0.2, -0.15) is 0 Å². The Morgan fingerprint density at radius 2 is 2.12 bits per heavy atom. The maximum Gasteiger partial charge on any atom is 0.318 e. The normalized spacial score (nSPS) is 19.5. The number of hydrogen-bond donors (Lipinski definition) is 2. The summed E-state index contributed by atoms with van der Waals surface area (Å²) in [7, 11) is 0. The van der Waals surface area contributed by atoms with Gasteiger partial charge in [-0.05, 0) is 24.1 Å². The average Bonchev–Trinajstić information content (AvgIpc) is 2.69. The van der Waals surface area contributed by atoms with Crippen molar-refractivity contribution in [1.82, 2.24) is 10.2 Å². The minimum absolute atomic E-state index is 0.0497. The molecule has 1 aliphatic rings. The predicted molar refractivity (Wildman–Crippen MR) is 68.7 cm³/mol. The Labute approximate surface area is 109 Å². The summed E-state index contributed by atoms with van der Waals surface area (Å²) in [5.41, 5.74) is 1.10. The molecular weight excluding hydrogens is 284 g/mol. The standard InChI is InChI=1S/C12H15BrN2O2/c13-10-4-2-9(3-5-10)11-8-15(6-1-7-16)12(17)14-11/h2-5,11,16H,1,6-8H2,(H,14,17). The number of carbonyl (C=O) groups excluding carboxylic acids is 1. The summed E-state index contributed by atoms with van der Waals surface area (Å²) in [6, 6.07) is 7.95. The second kappa shape index (κ2) is 5.51. The molecule has 1 heterocycles. The van der Waals surface area contributed by atoms with E-state index in [9.17, 15) is 4.79 Å². The number of amides is 2. The molecule has 2 amide bonds. The first-order chi connectivity index (χ1) is 8.20. The number of urea groups is 1. The molecular formula is C12H15BrN2O2. The Hall–Kier alpha value is -1.07. The molecule has 1 unspecified atom stereocenters. The van der Waals surface area contributed by atoms with Crippen molar-refractivity contribution in [3.63, 3.8) is 0 Å². The highest BCUT2D eigenvalue weighted by Crippen LogP contribution is 2.22. The lowest BCUT2D eigenvalue weighted by atomic mass is 10.1. The van der Waals surface area contributed by atoms with E-state index in [1.54, 1.807) is 4.90 Å². The van der Waals surface area contributed by atoms with Crippen LogP contribution in [0.4, 0.5) is 4.79 Å². The minimum Gasteiger partial charge on any atom is -0.396 e. The molecule has 0 spiro atoms. The van der Waals surface area contributed by atoms with Gasteiger partial charge in [0, 0.05) is 24.2 Å². The van der Waals surface area contributed by atoms with Crippen molar-refractivity contribution >= 4 is 22.0 Å². The van der Waals surface area contributed by atoms with E-state index in [1.165, 1.54) is 0 Å². The molecule has 1 aromatic carbocycles. The summed E-state index contributed by atoms with van der Waals surface area (Å²) in [5.74, 6) is 0. The summed E-state index contributed by atoms with van der Waals surface area (Å²) >= 11 is 3.39. The van der Waals surface area contributed by atoms with Gasteiger partial charge >= 0.3 is 6.03 Å². The number of aliphatic hydroxyl groups is 1. The van der Waals surface area contributed by atoms with Crippen LogP contribution in [0.1, 0.15) is 18.0 Å². The molecule has 0 aliphatic carbocycles. The van der Waals surface area contributed by atoms with Crippen molar-refractivity contribution in [3.8, 4) is 0 Å². The van der Waals surface area contributed by atoms with Gasteiger partial charge in [0.15, 0.2) is 0 Å². The van der Waals surface area contributed by atoms with Crippen LogP contribution in [-0.4, -0.2) is 35.7 Å². The molecule has 2 rings (SSSR count). The largest absolute Gasteiger partial charge is 0.396 e. The van der Waals surface area contributed by atoms with Crippen LogP contribution in [0.2, 0.25) is 0 Å². The third-order valence-corrected chi connectivity index (χ3v) is 3.38. The molecule has 1 saturated heterocycles. The van der Waals surface area contributed by atoms with Crippen molar-refractivity contribution in [3.05, 3.63) is 34.3 Å². The first-order valence-electron chi connectivity index (χ1n) is 5.62. The van der Waals surface area contributed by atoms with E-state index in [0.717, 1.165) is 10.0 Å². The molecule has 17 heavy (non-hydrogen) atoms. The third-order valence-electron chi connectivity index (χ3n) is 2.85. The van der Waals surface area contributed by atoms with E-state index in [2.05, 4.69) is 21.2 Å². The molecule has 1 aromatic rings. The summed E-state index contributed by atoms with van der Waals surface area (Å²) in [6.45, 7) is 1.39. The summed E-state index contributed by atoms with van der Waals surface area (Å²) in [4.78, 5) is 13.4. The molecule has 2 N–H and O–H groups in total. The maximum absolute atomic E-state index is 11.7. The molecule has 0 radical (unpaired) electrons. The first-order valence-corrected chi connectivity index (χ1v) is 6.42. The third kappa shape index (κ3) is 2.98. The molecule has 0 aromatic heterocycles. The summed E-state index contributed by atoms with van der Waals surface area (Å²) in [5, 5.41) is 11.7. The smallest absolute Gasteiger partial charge is 0.318 e. The number of nitrogens with one attached hydrogen (secondary N) is 1. The Morgan fingerprint density at radius 3 is 2.76 bits per heavy atom. The number of carbonyl (C=O) groups is 1. The maximum atomic E-state index is 11.7. The number of aliphatic hydroxyl groups excluding tert-OH is 1. The van der Waals surface area contributed by atoms with Crippen LogP contribution in [0.5, 0.6) is 0 Å². The lowest BCUT2D eigenvalue weighted by Crippen LogP contribution is -2.29. The fourth-order valence-corrected chi connectivity index (χ4v) is 2.19. The molecule has 1 atom stereocenters. The summed E-state index contributed by atoms with van der Waals surface area (Å²) < 4.78 is 1.03. The molecule has 1 aliphatic heterocycles. The van der Waals surface area contributed by atoms with Crippen LogP contribution < -0.4 is 5.32 Å². The van der Waals surface area contributed by atoms with Gasteiger partial charge in [0.1, 0.15) is 0 Å². The number of hydrogen-bond acceptors (Lipinski definition) is 2. The first kappa shape index (κ1) is 12.4. The van der Waals surface area contributed by atoms with E-state index < -0.39 is 0 Å². The van der Waals surface area contributed by atoms with Crippen molar-refractivity contribution < 1.29 is 9.90 Å². The highest BCUT2D eigenvalue weighted by atomic mass is 79.9. The SMILES string of the molecule is O=C1NC(c2ccc(Br)cc2)CN1CCCO. The highest BCUT2D eigenvalue weighted by molar-refractivity contribution is 9.10. The zero-order chi connectivity index (χ0) is 12.3. The fourth-order valence-electron chi connectivity index (χ4n) is 1.93. The Balaban J connectivity index is 2.00. The van der Waals surface area contributed by atoms with Gasteiger partial charge in [0.2, 0.25) is 0 Å². The lowest BCUT2D eigenvalue weighted by molar-refractivity contribution is 0.209. The van der Waals surface area contributed by atoms with Gasteiger partial charge in [0.05, 0.1) is 6.04 Å². The Kier molecular flexibility index (Phi) is 4.02. The van der Waals surface area contributed by atoms with Crippen molar-refractivity contribution in [2.75, 3.05) is 19.7 Å². The van der Waals surface area contributed by atoms with Crippen molar-refractivity contribution in [1.29, 1.82) is 0 Å². The average molecular weight is 299 g/mol. The van der Waals surface area contributed by atoms with Crippen molar-refractivity contribution in [2.24, 2.45) is 0 Å². The monoisotopic (exact) mass is 298 g/mol. The molecule has 0 saturated carbocycles. The predicted octanol–water partition coefficient (Wildman–Crippen LogP) is 1.90. The fraction of sp³-hybridized carbons (Fsp3) is 0.417. The van der Waals surface area contributed by atoms with E-state index in [-0.39, 0.29) is 18.7 Å². The van der Waals surface area contributed by atoms with Gasteiger partial charge < -0.3 is 15.3 Å². The zero-order valence-corrected chi connectivity index (χ0v) is 11.0. The minimum atomic E-state index is -0.0497. The highest BCUT2D eigenvalue weighted by Gasteiger charge is 2.28. The summed E-state index contributed by atoms with van der Waals surface area (Å²) in [6.07, 6.45) is 0.625. The lowest BCUT2D eigenvalue weighted by Gasteiger charge is -2.13. The molecule has 0 bridgehead atoms. The Morgan fingerprint density at radius 1 is 1.41 bits per heavy atom. The van der Waals surface area contributed by atoms with Crippen LogP contribution in [0, 0.1) is 0 Å². The quantitative estimate of drug-likeness (QED) is 0.892. The number of nitrogens with zero attached hydrogens (tertiary/aromatic N) is 1. The number of rotatable bonds is 4. The number of halogens is 1. The van der Waals surface area contributed by atoms with Crippen LogP contribution >= 0.6 is 15.9 Å². The topological polar surface area (TPSA) is 52.6 Å². The molecule has 1 fully saturated rings. The van der Waals surface area contributed by atoms with Gasteiger partial charge in [-0.15, -0.1) is 0 Å². The van der Waals surface area contributed by atoms with Crippen LogP contribution in [-0.2, 0) is 0 Å². The van der Waals surface area contributed by atoms with E-state index in [1.807, 2.05) is 24.3 Å². The zero-order valence-electron chi connectivity index (χ0n) is 9.40. The van der Waals surface area contributed by atoms with Gasteiger partial charge in [-0.3, -0.25) is 0 Å². The molecule has 4 nitrogen and oxygen atoms in total. The van der Waals surface area contributed by atoms with Gasteiger partial charge in [-0.25, -0.2) is 4.79 Å². The van der Waals surface area contributed by atoms with E-state index in [0.29, 0.717) is 19.5 Å². The second-order valence-corrected chi connectivity index (χ2v) is 4.99. The van der Waals surface area contributed by atoms with Crippen molar-refractivity contribution in [2.45, 2.75) is 12.5 Å². The van der Waals surface area contributed by atoms with E-state index in [4.69, 9.17) is 5.11 Å². The van der Waals surface area contributed by atoms with E-state index >= 15 is 0 Å². The Bertz CT molecular complexity index is 394. The van der Waals surface area contributed by atoms with Gasteiger partial charge in [0.25, 0.3) is 0 Å². The van der Waals surface area contributed by atoms with Crippen LogP contribution in [0.3, 0.4) is 0 Å².